The van der Waals surface area contributed by atoms with Crippen molar-refractivity contribution < 1.29 is 19.8 Å². The van der Waals surface area contributed by atoms with E-state index in [-0.39, 0.29) is 18.4 Å². The molecule has 0 aromatic carbocycles. The van der Waals surface area contributed by atoms with Gasteiger partial charge >= 0.3 is 5.97 Å². The van der Waals surface area contributed by atoms with Crippen LogP contribution in [-0.4, -0.2) is 34.7 Å². The summed E-state index contributed by atoms with van der Waals surface area (Å²) in [5, 5.41) is 22.1. The summed E-state index contributed by atoms with van der Waals surface area (Å²) in [6, 6.07) is 1.96. The monoisotopic (exact) mass is 269 g/mol. The molecule has 1 aliphatic rings. The lowest BCUT2D eigenvalue weighted by Gasteiger charge is -2.22. The first-order valence-electron chi connectivity index (χ1n) is 5.84. The molecule has 0 fully saturated rings. The third-order valence-corrected chi connectivity index (χ3v) is 4.12. The molecule has 1 aliphatic carbocycles. The molecule has 2 atom stereocenters. The quantitative estimate of drug-likeness (QED) is 0.752. The van der Waals surface area contributed by atoms with Crippen molar-refractivity contribution in [2.24, 2.45) is 0 Å². The van der Waals surface area contributed by atoms with Gasteiger partial charge in [0.05, 0.1) is 12.5 Å². The number of hydrogen-bond donors (Lipinski definition) is 3. The number of nitrogens with one attached hydrogen (secondary N) is 1. The van der Waals surface area contributed by atoms with Crippen molar-refractivity contribution in [3.8, 4) is 0 Å². The molecule has 5 nitrogen and oxygen atoms in total. The van der Waals surface area contributed by atoms with Crippen LogP contribution in [0.15, 0.2) is 11.4 Å². The predicted octanol–water partition coefficient (Wildman–Crippen LogP) is 0.730. The lowest BCUT2D eigenvalue weighted by molar-refractivity contribution is -0.146. The molecule has 1 amide bonds. The van der Waals surface area contributed by atoms with Gasteiger partial charge in [-0.15, -0.1) is 11.3 Å². The molecule has 1 heterocycles. The van der Waals surface area contributed by atoms with Crippen molar-refractivity contribution in [1.29, 1.82) is 0 Å². The fourth-order valence-electron chi connectivity index (χ4n) is 2.17. The summed E-state index contributed by atoms with van der Waals surface area (Å²) < 4.78 is 0. The van der Waals surface area contributed by atoms with Gasteiger partial charge in [-0.3, -0.25) is 4.79 Å². The van der Waals surface area contributed by atoms with Gasteiger partial charge in [0.25, 0.3) is 0 Å². The van der Waals surface area contributed by atoms with Gasteiger partial charge in [0.15, 0.2) is 6.10 Å². The smallest absolute Gasteiger partial charge is 0.334 e. The van der Waals surface area contributed by atoms with Gasteiger partial charge in [-0.25, -0.2) is 4.79 Å². The summed E-state index contributed by atoms with van der Waals surface area (Å²) in [5.74, 6) is -1.73. The number of rotatable bonds is 4. The molecule has 0 bridgehead atoms. The number of aliphatic hydroxyl groups excluding tert-OH is 1. The van der Waals surface area contributed by atoms with Crippen molar-refractivity contribution in [2.45, 2.75) is 31.3 Å². The number of hydrogen-bond acceptors (Lipinski definition) is 4. The standard InChI is InChI=1S/C12H15NO4S/c14-9(12(16)17)6-13-11(15)8-2-1-3-10-7(8)4-5-18-10/h4-5,8-9,14H,1-3,6H2,(H,13,15)(H,16,17)/t8?,9-/m0/s1. The molecular weight excluding hydrogens is 254 g/mol. The average molecular weight is 269 g/mol. The van der Waals surface area contributed by atoms with Crippen LogP contribution in [0.2, 0.25) is 0 Å². The highest BCUT2D eigenvalue weighted by Gasteiger charge is 2.27. The van der Waals surface area contributed by atoms with E-state index in [0.29, 0.717) is 0 Å². The van der Waals surface area contributed by atoms with Gasteiger partial charge in [-0.1, -0.05) is 0 Å². The Morgan fingerprint density at radius 1 is 1.56 bits per heavy atom. The maximum absolute atomic E-state index is 12.0. The highest BCUT2D eigenvalue weighted by molar-refractivity contribution is 7.10. The molecule has 1 unspecified atom stereocenters. The first-order valence-corrected chi connectivity index (χ1v) is 6.72. The van der Waals surface area contributed by atoms with E-state index in [0.717, 1.165) is 24.8 Å². The molecule has 2 rings (SSSR count). The highest BCUT2D eigenvalue weighted by atomic mass is 32.1. The second kappa shape index (κ2) is 5.49. The van der Waals surface area contributed by atoms with Crippen LogP contribution in [0, 0.1) is 0 Å². The van der Waals surface area contributed by atoms with E-state index in [4.69, 9.17) is 10.2 Å². The number of carboxylic acid groups (broad SMARTS) is 1. The molecule has 6 heteroatoms. The van der Waals surface area contributed by atoms with Gasteiger partial charge in [0, 0.05) is 4.88 Å². The molecule has 1 aromatic rings. The van der Waals surface area contributed by atoms with E-state index in [2.05, 4.69) is 5.32 Å². The van der Waals surface area contributed by atoms with E-state index in [1.54, 1.807) is 11.3 Å². The fourth-order valence-corrected chi connectivity index (χ4v) is 3.15. The van der Waals surface area contributed by atoms with Crippen molar-refractivity contribution in [2.75, 3.05) is 6.54 Å². The van der Waals surface area contributed by atoms with Crippen LogP contribution in [0.25, 0.3) is 0 Å². The van der Waals surface area contributed by atoms with Crippen LogP contribution in [-0.2, 0) is 16.0 Å². The van der Waals surface area contributed by atoms with E-state index in [9.17, 15) is 9.59 Å². The lowest BCUT2D eigenvalue weighted by Crippen LogP contribution is -2.39. The summed E-state index contributed by atoms with van der Waals surface area (Å²) in [4.78, 5) is 23.7. The number of thiophene rings is 1. The molecule has 0 spiro atoms. The van der Waals surface area contributed by atoms with Gasteiger partial charge in [0.2, 0.25) is 5.91 Å². The normalized spacial score (nSPS) is 19.9. The van der Waals surface area contributed by atoms with E-state index >= 15 is 0 Å². The number of amides is 1. The summed E-state index contributed by atoms with van der Waals surface area (Å²) in [7, 11) is 0. The average Bonchev–Trinajstić information content (AvgIpc) is 2.83. The molecule has 1 aromatic heterocycles. The summed E-state index contributed by atoms with van der Waals surface area (Å²) in [6.45, 7) is -0.246. The molecule has 18 heavy (non-hydrogen) atoms. The van der Waals surface area contributed by atoms with Crippen LogP contribution >= 0.6 is 11.3 Å². The number of aliphatic carboxylic acids is 1. The van der Waals surface area contributed by atoms with Gasteiger partial charge in [-0.05, 0) is 36.3 Å². The van der Waals surface area contributed by atoms with Gasteiger partial charge < -0.3 is 15.5 Å². The van der Waals surface area contributed by atoms with Crippen molar-refractivity contribution in [1.82, 2.24) is 5.32 Å². The SMILES string of the molecule is O=C(NC[C@H](O)C(=O)O)C1CCCc2sccc21. The first kappa shape index (κ1) is 13.0. The maximum Gasteiger partial charge on any atom is 0.334 e. The Hall–Kier alpha value is -1.40. The van der Waals surface area contributed by atoms with Crippen molar-refractivity contribution >= 4 is 23.2 Å². The summed E-state index contributed by atoms with van der Waals surface area (Å²) >= 11 is 1.65. The summed E-state index contributed by atoms with van der Waals surface area (Å²) in [6.07, 6.45) is 1.21. The Bertz CT molecular complexity index is 457. The third kappa shape index (κ3) is 2.70. The molecule has 0 aliphatic heterocycles. The van der Waals surface area contributed by atoms with Crippen LogP contribution in [0.4, 0.5) is 0 Å². The zero-order valence-electron chi connectivity index (χ0n) is 9.76. The highest BCUT2D eigenvalue weighted by Crippen LogP contribution is 2.34. The largest absolute Gasteiger partial charge is 0.479 e. The van der Waals surface area contributed by atoms with E-state index in [1.165, 1.54) is 4.88 Å². The maximum atomic E-state index is 12.0. The number of fused-ring (bicyclic) bond motifs is 1. The van der Waals surface area contributed by atoms with Crippen LogP contribution in [0.3, 0.4) is 0 Å². The molecular formula is C12H15NO4S. The second-order valence-corrected chi connectivity index (χ2v) is 5.34. The Labute approximate surface area is 108 Å². The summed E-state index contributed by atoms with van der Waals surface area (Å²) in [5.41, 5.74) is 1.05. The molecule has 0 radical (unpaired) electrons. The molecule has 98 valence electrons. The lowest BCUT2D eigenvalue weighted by atomic mass is 9.87. The minimum absolute atomic E-state index is 0.199. The van der Waals surface area contributed by atoms with Gasteiger partial charge in [0.1, 0.15) is 0 Å². The molecule has 0 saturated heterocycles. The fraction of sp³-hybridized carbons (Fsp3) is 0.500. The third-order valence-electron chi connectivity index (χ3n) is 3.12. The van der Waals surface area contributed by atoms with Crippen LogP contribution < -0.4 is 5.32 Å². The number of carboxylic acids is 1. The number of aryl methyl sites for hydroxylation is 1. The minimum atomic E-state index is -1.54. The second-order valence-electron chi connectivity index (χ2n) is 4.34. The molecule has 3 N–H and O–H groups in total. The first-order chi connectivity index (χ1) is 8.59. The van der Waals surface area contributed by atoms with Crippen LogP contribution in [0.1, 0.15) is 29.2 Å². The Morgan fingerprint density at radius 2 is 2.33 bits per heavy atom. The van der Waals surface area contributed by atoms with Crippen molar-refractivity contribution in [3.05, 3.63) is 21.9 Å². The number of carbonyl (C=O) groups excluding carboxylic acids is 1. The predicted molar refractivity (Wildman–Crippen MR) is 66.7 cm³/mol. The van der Waals surface area contributed by atoms with Gasteiger partial charge in [-0.2, -0.15) is 0 Å². The molecule has 0 saturated carbocycles. The zero-order valence-corrected chi connectivity index (χ0v) is 10.6. The Morgan fingerprint density at radius 3 is 3.06 bits per heavy atom. The van der Waals surface area contributed by atoms with E-state index < -0.39 is 12.1 Å². The van der Waals surface area contributed by atoms with E-state index in [1.807, 2.05) is 11.4 Å². The Balaban J connectivity index is 1.97. The van der Waals surface area contributed by atoms with Crippen LogP contribution in [0.5, 0.6) is 0 Å². The Kier molecular flexibility index (Phi) is 3.98. The van der Waals surface area contributed by atoms with Crippen molar-refractivity contribution in [3.63, 3.8) is 0 Å². The number of aliphatic hydroxyl groups is 1. The minimum Gasteiger partial charge on any atom is -0.479 e. The zero-order chi connectivity index (χ0) is 13.1. The number of carbonyl (C=O) groups is 2. The topological polar surface area (TPSA) is 86.6 Å².